The van der Waals surface area contributed by atoms with Gasteiger partial charge in [0.25, 0.3) is 0 Å². The molecule has 1 aliphatic rings. The number of rotatable bonds is 11. The lowest BCUT2D eigenvalue weighted by molar-refractivity contribution is 0.0512. The molecule has 3 heteroatoms. The molecule has 1 saturated heterocycles. The summed E-state index contributed by atoms with van der Waals surface area (Å²) in [6.45, 7) is 3.98. The lowest BCUT2D eigenvalue weighted by Gasteiger charge is -2.11. The van der Waals surface area contributed by atoms with E-state index < -0.39 is 0 Å². The van der Waals surface area contributed by atoms with Crippen molar-refractivity contribution in [2.75, 3.05) is 13.2 Å². The van der Waals surface area contributed by atoms with Crippen LogP contribution >= 0.6 is 0 Å². The molecule has 1 heterocycles. The summed E-state index contributed by atoms with van der Waals surface area (Å²) in [5.74, 6) is 0. The second-order valence-electron chi connectivity index (χ2n) is 6.79. The predicted octanol–water partition coefficient (Wildman–Crippen LogP) is 3.83. The highest BCUT2D eigenvalue weighted by Gasteiger charge is 2.23. The van der Waals surface area contributed by atoms with E-state index in [9.17, 15) is 0 Å². The number of aryl methyl sites for hydroxylation is 1. The van der Waals surface area contributed by atoms with Crippen LogP contribution in [-0.2, 0) is 17.8 Å². The molecule has 1 aromatic carbocycles. The van der Waals surface area contributed by atoms with E-state index in [1.165, 1.54) is 56.1 Å². The van der Waals surface area contributed by atoms with E-state index in [0.29, 0.717) is 6.61 Å². The first-order valence-corrected chi connectivity index (χ1v) is 9.35. The van der Waals surface area contributed by atoms with E-state index in [-0.39, 0.29) is 18.8 Å². The molecule has 0 spiro atoms. The average molecular weight is 319 g/mol. The summed E-state index contributed by atoms with van der Waals surface area (Å²) in [6, 6.07) is 9.08. The van der Waals surface area contributed by atoms with Gasteiger partial charge in [-0.3, -0.25) is 0 Å². The molecule has 130 valence electrons. The number of nitrogens with one attached hydrogen (secondary N) is 1. The van der Waals surface area contributed by atoms with Crippen LogP contribution < -0.4 is 5.32 Å². The van der Waals surface area contributed by atoms with Crippen molar-refractivity contribution in [3.05, 3.63) is 35.4 Å². The minimum atomic E-state index is 0.201. The minimum absolute atomic E-state index is 0.201. The first kappa shape index (κ1) is 18.4. The van der Waals surface area contributed by atoms with Crippen LogP contribution in [0, 0.1) is 0 Å². The zero-order valence-electron chi connectivity index (χ0n) is 14.6. The molecule has 2 atom stereocenters. The Kier molecular flexibility index (Phi) is 8.66. The summed E-state index contributed by atoms with van der Waals surface area (Å²) < 4.78 is 5.92. The molecule has 1 aliphatic heterocycles. The molecule has 0 unspecified atom stereocenters. The Morgan fingerprint density at radius 2 is 1.74 bits per heavy atom. The van der Waals surface area contributed by atoms with Crippen molar-refractivity contribution in [3.63, 3.8) is 0 Å². The number of hydrogen-bond acceptors (Lipinski definition) is 3. The van der Waals surface area contributed by atoms with Crippen molar-refractivity contribution < 1.29 is 9.84 Å². The van der Waals surface area contributed by atoms with Gasteiger partial charge in [0, 0.05) is 12.6 Å². The lowest BCUT2D eigenvalue weighted by Crippen LogP contribution is -2.24. The SMILES string of the molecule is CCCCCCCCc1ccc(CO[C@@H]2CN[C@@H](CO)C2)cc1. The van der Waals surface area contributed by atoms with Gasteiger partial charge >= 0.3 is 0 Å². The van der Waals surface area contributed by atoms with Gasteiger partial charge in [-0.15, -0.1) is 0 Å². The third-order valence-corrected chi connectivity index (χ3v) is 4.73. The standard InChI is InChI=1S/C20H33NO2/c1-2-3-4-5-6-7-8-17-9-11-18(12-10-17)16-23-20-13-19(15-22)21-14-20/h9-12,19-22H,2-8,13-16H2,1H3/t19-,20+/m1/s1. The highest BCUT2D eigenvalue weighted by Crippen LogP contribution is 2.15. The molecule has 23 heavy (non-hydrogen) atoms. The molecule has 0 saturated carbocycles. The molecular weight excluding hydrogens is 286 g/mol. The number of hydrogen-bond donors (Lipinski definition) is 2. The molecule has 2 rings (SSSR count). The topological polar surface area (TPSA) is 41.5 Å². The van der Waals surface area contributed by atoms with Crippen LogP contribution in [-0.4, -0.2) is 30.4 Å². The highest BCUT2D eigenvalue weighted by molar-refractivity contribution is 5.22. The van der Waals surface area contributed by atoms with Crippen LogP contribution in [0.5, 0.6) is 0 Å². The quantitative estimate of drug-likeness (QED) is 0.609. The first-order chi connectivity index (χ1) is 11.3. The maximum atomic E-state index is 9.11. The number of ether oxygens (including phenoxy) is 1. The Bertz CT molecular complexity index is 418. The van der Waals surface area contributed by atoms with Gasteiger partial charge in [0.15, 0.2) is 0 Å². The molecule has 0 bridgehead atoms. The van der Waals surface area contributed by atoms with Crippen LogP contribution in [0.4, 0.5) is 0 Å². The number of aliphatic hydroxyl groups is 1. The van der Waals surface area contributed by atoms with Crippen molar-refractivity contribution in [2.24, 2.45) is 0 Å². The van der Waals surface area contributed by atoms with Gasteiger partial charge in [0.1, 0.15) is 0 Å². The molecular formula is C20H33NO2. The van der Waals surface area contributed by atoms with Crippen LogP contribution in [0.3, 0.4) is 0 Å². The van der Waals surface area contributed by atoms with Crippen molar-refractivity contribution in [2.45, 2.75) is 77.0 Å². The Hall–Kier alpha value is -0.900. The minimum Gasteiger partial charge on any atom is -0.395 e. The summed E-state index contributed by atoms with van der Waals surface area (Å²) in [4.78, 5) is 0. The van der Waals surface area contributed by atoms with Gasteiger partial charge in [-0.1, -0.05) is 63.3 Å². The second kappa shape index (κ2) is 10.8. The number of unbranched alkanes of at least 4 members (excludes halogenated alkanes) is 5. The highest BCUT2D eigenvalue weighted by atomic mass is 16.5. The van der Waals surface area contributed by atoms with Crippen LogP contribution in [0.1, 0.15) is 63.0 Å². The zero-order chi connectivity index (χ0) is 16.3. The van der Waals surface area contributed by atoms with Crippen LogP contribution in [0.15, 0.2) is 24.3 Å². The van der Waals surface area contributed by atoms with Gasteiger partial charge in [0.05, 0.1) is 19.3 Å². The van der Waals surface area contributed by atoms with Gasteiger partial charge in [-0.25, -0.2) is 0 Å². The molecule has 1 aromatic rings. The van der Waals surface area contributed by atoms with Crippen molar-refractivity contribution in [1.82, 2.24) is 5.32 Å². The fraction of sp³-hybridized carbons (Fsp3) is 0.700. The van der Waals surface area contributed by atoms with E-state index in [2.05, 4.69) is 36.5 Å². The van der Waals surface area contributed by atoms with E-state index in [1.807, 2.05) is 0 Å². The number of aliphatic hydroxyl groups excluding tert-OH is 1. The van der Waals surface area contributed by atoms with Crippen LogP contribution in [0.2, 0.25) is 0 Å². The Morgan fingerprint density at radius 3 is 2.43 bits per heavy atom. The first-order valence-electron chi connectivity index (χ1n) is 9.35. The average Bonchev–Trinajstić information content (AvgIpc) is 3.05. The summed E-state index contributed by atoms with van der Waals surface area (Å²) in [6.07, 6.45) is 10.5. The third-order valence-electron chi connectivity index (χ3n) is 4.73. The van der Waals surface area contributed by atoms with Gasteiger partial charge in [-0.05, 0) is 30.4 Å². The Labute approximate surface area is 141 Å². The zero-order valence-corrected chi connectivity index (χ0v) is 14.6. The summed E-state index contributed by atoms with van der Waals surface area (Å²) in [5, 5.41) is 12.4. The maximum absolute atomic E-state index is 9.11. The summed E-state index contributed by atoms with van der Waals surface area (Å²) in [5.41, 5.74) is 2.68. The molecule has 1 fully saturated rings. The lowest BCUT2D eigenvalue weighted by atomic mass is 10.0. The Balaban J connectivity index is 1.60. The largest absolute Gasteiger partial charge is 0.395 e. The van der Waals surface area contributed by atoms with Gasteiger partial charge in [-0.2, -0.15) is 0 Å². The van der Waals surface area contributed by atoms with E-state index in [4.69, 9.17) is 9.84 Å². The molecule has 2 N–H and O–H groups in total. The van der Waals surface area contributed by atoms with E-state index in [1.54, 1.807) is 0 Å². The summed E-state index contributed by atoms with van der Waals surface area (Å²) in [7, 11) is 0. The second-order valence-corrected chi connectivity index (χ2v) is 6.79. The third kappa shape index (κ3) is 7.03. The Morgan fingerprint density at radius 1 is 1.04 bits per heavy atom. The molecule has 0 radical (unpaired) electrons. The van der Waals surface area contributed by atoms with E-state index in [0.717, 1.165) is 13.0 Å². The fourth-order valence-corrected chi connectivity index (χ4v) is 3.17. The van der Waals surface area contributed by atoms with Gasteiger partial charge < -0.3 is 15.2 Å². The molecule has 0 aromatic heterocycles. The molecule has 0 aliphatic carbocycles. The van der Waals surface area contributed by atoms with Crippen molar-refractivity contribution in [3.8, 4) is 0 Å². The van der Waals surface area contributed by atoms with E-state index >= 15 is 0 Å². The fourth-order valence-electron chi connectivity index (χ4n) is 3.17. The van der Waals surface area contributed by atoms with Crippen molar-refractivity contribution >= 4 is 0 Å². The monoisotopic (exact) mass is 319 g/mol. The summed E-state index contributed by atoms with van der Waals surface area (Å²) >= 11 is 0. The maximum Gasteiger partial charge on any atom is 0.0721 e. The molecule has 3 nitrogen and oxygen atoms in total. The molecule has 0 amide bonds. The normalized spacial score (nSPS) is 21.0. The number of benzene rings is 1. The predicted molar refractivity (Wildman–Crippen MR) is 95.6 cm³/mol. The van der Waals surface area contributed by atoms with Crippen LogP contribution in [0.25, 0.3) is 0 Å². The van der Waals surface area contributed by atoms with Crippen molar-refractivity contribution in [1.29, 1.82) is 0 Å². The van der Waals surface area contributed by atoms with Gasteiger partial charge in [0.2, 0.25) is 0 Å². The smallest absolute Gasteiger partial charge is 0.0721 e.